The molecule has 2 amide bonds. The number of hydrogen-bond donors (Lipinski definition) is 2. The molecule has 3 rings (SSSR count). The number of benzene rings is 2. The molecule has 0 saturated heterocycles. The van der Waals surface area contributed by atoms with E-state index in [4.69, 9.17) is 4.74 Å². The fourth-order valence-corrected chi connectivity index (χ4v) is 3.25. The first kappa shape index (κ1) is 20.4. The SMILES string of the molecule is COc1ccccc1CNC(=O)c1ccc(NC(=O)CSc2nncn2C)cc1. The van der Waals surface area contributed by atoms with Gasteiger partial charge < -0.3 is 19.9 Å². The van der Waals surface area contributed by atoms with Gasteiger partial charge >= 0.3 is 0 Å². The molecule has 8 nitrogen and oxygen atoms in total. The van der Waals surface area contributed by atoms with Crippen LogP contribution in [-0.4, -0.2) is 39.4 Å². The van der Waals surface area contributed by atoms with Gasteiger partial charge in [0.25, 0.3) is 5.91 Å². The van der Waals surface area contributed by atoms with Gasteiger partial charge in [-0.15, -0.1) is 10.2 Å². The minimum absolute atomic E-state index is 0.161. The highest BCUT2D eigenvalue weighted by Crippen LogP contribution is 2.17. The lowest BCUT2D eigenvalue weighted by Crippen LogP contribution is -2.23. The van der Waals surface area contributed by atoms with E-state index >= 15 is 0 Å². The van der Waals surface area contributed by atoms with Gasteiger partial charge in [-0.1, -0.05) is 30.0 Å². The number of rotatable bonds is 8. The van der Waals surface area contributed by atoms with Crippen molar-refractivity contribution in [1.82, 2.24) is 20.1 Å². The van der Waals surface area contributed by atoms with Crippen LogP contribution in [0.25, 0.3) is 0 Å². The lowest BCUT2D eigenvalue weighted by molar-refractivity contribution is -0.113. The predicted molar refractivity (Wildman–Crippen MR) is 111 cm³/mol. The molecule has 1 aromatic heterocycles. The van der Waals surface area contributed by atoms with Crippen LogP contribution in [-0.2, 0) is 18.4 Å². The summed E-state index contributed by atoms with van der Waals surface area (Å²) in [4.78, 5) is 24.4. The highest BCUT2D eigenvalue weighted by Gasteiger charge is 2.10. The third-order valence-electron chi connectivity index (χ3n) is 4.06. The van der Waals surface area contributed by atoms with Crippen molar-refractivity contribution < 1.29 is 14.3 Å². The average Bonchev–Trinajstić information content (AvgIpc) is 3.16. The first-order valence-electron chi connectivity index (χ1n) is 8.83. The van der Waals surface area contributed by atoms with Gasteiger partial charge in [0.05, 0.1) is 12.9 Å². The average molecular weight is 411 g/mol. The Balaban J connectivity index is 1.50. The maximum Gasteiger partial charge on any atom is 0.251 e. The quantitative estimate of drug-likeness (QED) is 0.553. The highest BCUT2D eigenvalue weighted by atomic mass is 32.2. The van der Waals surface area contributed by atoms with Crippen LogP contribution in [0.5, 0.6) is 5.75 Å². The lowest BCUT2D eigenvalue weighted by Gasteiger charge is -2.10. The highest BCUT2D eigenvalue weighted by molar-refractivity contribution is 7.99. The van der Waals surface area contributed by atoms with E-state index in [9.17, 15) is 9.59 Å². The third-order valence-corrected chi connectivity index (χ3v) is 5.10. The zero-order valence-corrected chi connectivity index (χ0v) is 16.9. The molecular formula is C20H21N5O3S. The monoisotopic (exact) mass is 411 g/mol. The molecule has 3 aromatic rings. The van der Waals surface area contributed by atoms with Crippen molar-refractivity contribution in [3.63, 3.8) is 0 Å². The molecule has 150 valence electrons. The number of nitrogens with one attached hydrogen (secondary N) is 2. The molecule has 1 heterocycles. The topological polar surface area (TPSA) is 98.1 Å². The minimum Gasteiger partial charge on any atom is -0.496 e. The van der Waals surface area contributed by atoms with E-state index in [0.717, 1.165) is 11.3 Å². The maximum absolute atomic E-state index is 12.4. The number of anilines is 1. The number of methoxy groups -OCH3 is 1. The Hall–Kier alpha value is -3.33. The molecule has 2 N–H and O–H groups in total. The Labute approximate surface area is 172 Å². The molecule has 0 aliphatic rings. The maximum atomic E-state index is 12.4. The van der Waals surface area contributed by atoms with Crippen molar-refractivity contribution in [3.05, 3.63) is 66.0 Å². The van der Waals surface area contributed by atoms with Gasteiger partial charge in [-0.05, 0) is 30.3 Å². The Morgan fingerprint density at radius 3 is 2.59 bits per heavy atom. The summed E-state index contributed by atoms with van der Waals surface area (Å²) < 4.78 is 7.03. The fourth-order valence-electron chi connectivity index (χ4n) is 2.56. The van der Waals surface area contributed by atoms with Crippen molar-refractivity contribution in [3.8, 4) is 5.75 Å². The van der Waals surface area contributed by atoms with Gasteiger partial charge in [-0.3, -0.25) is 9.59 Å². The molecule has 0 aliphatic heterocycles. The Bertz CT molecular complexity index is 988. The van der Waals surface area contributed by atoms with Crippen LogP contribution < -0.4 is 15.4 Å². The summed E-state index contributed by atoms with van der Waals surface area (Å²) in [5.41, 5.74) is 2.02. The predicted octanol–water partition coefficient (Wildman–Crippen LogP) is 2.48. The van der Waals surface area contributed by atoms with Crippen LogP contribution >= 0.6 is 11.8 Å². The van der Waals surface area contributed by atoms with E-state index < -0.39 is 0 Å². The number of amides is 2. The smallest absolute Gasteiger partial charge is 0.251 e. The Morgan fingerprint density at radius 1 is 1.14 bits per heavy atom. The number of aryl methyl sites for hydroxylation is 1. The molecule has 0 fully saturated rings. The molecule has 0 unspecified atom stereocenters. The first-order chi connectivity index (χ1) is 14.1. The Kier molecular flexibility index (Phi) is 6.85. The molecule has 0 spiro atoms. The van der Waals surface area contributed by atoms with E-state index in [1.807, 2.05) is 31.3 Å². The van der Waals surface area contributed by atoms with Crippen molar-refractivity contribution in [1.29, 1.82) is 0 Å². The summed E-state index contributed by atoms with van der Waals surface area (Å²) in [7, 11) is 3.41. The number of hydrogen-bond acceptors (Lipinski definition) is 6. The molecule has 0 saturated carbocycles. The van der Waals surface area contributed by atoms with Crippen LogP contribution in [0, 0.1) is 0 Å². The summed E-state index contributed by atoms with van der Waals surface area (Å²) in [6.45, 7) is 0.362. The summed E-state index contributed by atoms with van der Waals surface area (Å²) in [5.74, 6) is 0.580. The largest absolute Gasteiger partial charge is 0.496 e. The molecular weight excluding hydrogens is 390 g/mol. The summed E-state index contributed by atoms with van der Waals surface area (Å²) >= 11 is 1.30. The molecule has 0 atom stereocenters. The summed E-state index contributed by atoms with van der Waals surface area (Å²) in [6.07, 6.45) is 1.58. The van der Waals surface area contributed by atoms with Gasteiger partial charge in [-0.25, -0.2) is 0 Å². The number of nitrogens with zero attached hydrogens (tertiary/aromatic N) is 3. The zero-order chi connectivity index (χ0) is 20.6. The minimum atomic E-state index is -0.202. The summed E-state index contributed by atoms with van der Waals surface area (Å²) in [5, 5.41) is 14.0. The van der Waals surface area contributed by atoms with Gasteiger partial charge in [0, 0.05) is 30.4 Å². The van der Waals surface area contributed by atoms with Crippen LogP contribution in [0.4, 0.5) is 5.69 Å². The molecule has 0 bridgehead atoms. The van der Waals surface area contributed by atoms with E-state index in [-0.39, 0.29) is 17.6 Å². The van der Waals surface area contributed by atoms with Gasteiger partial charge in [0.1, 0.15) is 12.1 Å². The van der Waals surface area contributed by atoms with Crippen molar-refractivity contribution in [2.45, 2.75) is 11.7 Å². The molecule has 2 aromatic carbocycles. The standard InChI is InChI=1S/C20H21N5O3S/c1-25-13-22-24-20(25)29-12-18(26)23-16-9-7-14(8-10-16)19(27)21-11-15-5-3-4-6-17(15)28-2/h3-10,13H,11-12H2,1-2H3,(H,21,27)(H,23,26). The van der Waals surface area contributed by atoms with Crippen LogP contribution in [0.3, 0.4) is 0 Å². The van der Waals surface area contributed by atoms with E-state index in [1.54, 1.807) is 42.3 Å². The van der Waals surface area contributed by atoms with Crippen LogP contribution in [0.15, 0.2) is 60.0 Å². The molecule has 29 heavy (non-hydrogen) atoms. The first-order valence-corrected chi connectivity index (χ1v) is 9.82. The van der Waals surface area contributed by atoms with Crippen molar-refractivity contribution in [2.24, 2.45) is 7.05 Å². The summed E-state index contributed by atoms with van der Waals surface area (Å²) in [6, 6.07) is 14.3. The molecule has 9 heteroatoms. The van der Waals surface area contributed by atoms with E-state index in [0.29, 0.717) is 23.0 Å². The third kappa shape index (κ3) is 5.58. The molecule has 0 aliphatic carbocycles. The Morgan fingerprint density at radius 2 is 1.90 bits per heavy atom. The number of para-hydroxylation sites is 1. The number of carbonyl (C=O) groups is 2. The van der Waals surface area contributed by atoms with Crippen LogP contribution in [0.2, 0.25) is 0 Å². The number of ether oxygens (including phenoxy) is 1. The van der Waals surface area contributed by atoms with E-state index in [1.165, 1.54) is 11.8 Å². The van der Waals surface area contributed by atoms with Crippen LogP contribution in [0.1, 0.15) is 15.9 Å². The molecule has 0 radical (unpaired) electrons. The van der Waals surface area contributed by atoms with Gasteiger partial charge in [0.15, 0.2) is 5.16 Å². The second-order valence-corrected chi connectivity index (χ2v) is 7.08. The second kappa shape index (κ2) is 9.74. The number of carbonyl (C=O) groups excluding carboxylic acids is 2. The van der Waals surface area contributed by atoms with Crippen molar-refractivity contribution >= 4 is 29.3 Å². The van der Waals surface area contributed by atoms with E-state index in [2.05, 4.69) is 20.8 Å². The van der Waals surface area contributed by atoms with Gasteiger partial charge in [-0.2, -0.15) is 0 Å². The number of thioether (sulfide) groups is 1. The van der Waals surface area contributed by atoms with Crippen molar-refractivity contribution in [2.75, 3.05) is 18.2 Å². The number of aromatic nitrogens is 3. The fraction of sp³-hybridized carbons (Fsp3) is 0.200. The second-order valence-electron chi connectivity index (χ2n) is 6.13. The van der Waals surface area contributed by atoms with Gasteiger partial charge in [0.2, 0.25) is 5.91 Å². The normalized spacial score (nSPS) is 10.4. The lowest BCUT2D eigenvalue weighted by atomic mass is 10.1. The zero-order valence-electron chi connectivity index (χ0n) is 16.1.